The molecular weight excluding hydrogens is 246 g/mol. The number of carboxylic acid groups (broad SMARTS) is 1. The van der Waals surface area contributed by atoms with Crippen LogP contribution in [-0.4, -0.2) is 35.1 Å². The lowest BCUT2D eigenvalue weighted by atomic mass is 10.2. The summed E-state index contributed by atoms with van der Waals surface area (Å²) in [6, 6.07) is 4.69. The van der Waals surface area contributed by atoms with Crippen LogP contribution in [0, 0.1) is 5.92 Å². The third kappa shape index (κ3) is 5.85. The molecule has 0 aliphatic carbocycles. The molecule has 1 rings (SSSR count). The Morgan fingerprint density at radius 1 is 1.37 bits per heavy atom. The molecule has 0 aliphatic heterocycles. The number of nitrogens with zero attached hydrogens (tertiary/aromatic N) is 1. The highest BCUT2D eigenvalue weighted by Crippen LogP contribution is 2.04. The van der Waals surface area contributed by atoms with Crippen LogP contribution < -0.4 is 10.6 Å². The molecule has 0 bridgehead atoms. The second kappa shape index (κ2) is 7.35. The van der Waals surface area contributed by atoms with Gasteiger partial charge in [-0.05, 0) is 18.1 Å². The molecule has 6 nitrogen and oxygen atoms in total. The second-order valence-corrected chi connectivity index (χ2v) is 4.59. The number of amides is 1. The first-order chi connectivity index (χ1) is 8.99. The quantitative estimate of drug-likeness (QED) is 0.692. The van der Waals surface area contributed by atoms with Crippen molar-refractivity contribution in [3.63, 3.8) is 0 Å². The van der Waals surface area contributed by atoms with Crippen LogP contribution in [0.2, 0.25) is 0 Å². The Morgan fingerprint density at radius 2 is 2.11 bits per heavy atom. The van der Waals surface area contributed by atoms with Crippen molar-refractivity contribution in [3.05, 3.63) is 23.9 Å². The zero-order valence-corrected chi connectivity index (χ0v) is 11.1. The maximum Gasteiger partial charge on any atom is 0.354 e. The number of rotatable bonds is 7. The van der Waals surface area contributed by atoms with E-state index in [1.54, 1.807) is 12.1 Å². The molecular formula is C13H19N3O3. The molecule has 0 spiro atoms. The monoisotopic (exact) mass is 265 g/mol. The van der Waals surface area contributed by atoms with E-state index in [0.717, 1.165) is 0 Å². The lowest BCUT2D eigenvalue weighted by Gasteiger charge is -2.08. The Bertz CT molecular complexity index is 447. The molecule has 0 aliphatic rings. The Kier molecular flexibility index (Phi) is 5.78. The number of carboxylic acids is 1. The SMILES string of the molecule is CC(C)CNC(=O)CCNc1cccc(C(=O)O)n1. The zero-order chi connectivity index (χ0) is 14.3. The number of carbonyl (C=O) groups excluding carboxylic acids is 1. The maximum absolute atomic E-state index is 11.4. The summed E-state index contributed by atoms with van der Waals surface area (Å²) in [5.41, 5.74) is -0.0192. The van der Waals surface area contributed by atoms with Crippen molar-refractivity contribution in [1.29, 1.82) is 0 Å². The van der Waals surface area contributed by atoms with Gasteiger partial charge in [-0.1, -0.05) is 19.9 Å². The van der Waals surface area contributed by atoms with Crippen molar-refractivity contribution in [1.82, 2.24) is 10.3 Å². The molecule has 104 valence electrons. The Balaban J connectivity index is 2.35. The average molecular weight is 265 g/mol. The highest BCUT2D eigenvalue weighted by atomic mass is 16.4. The molecule has 0 radical (unpaired) electrons. The number of anilines is 1. The molecule has 3 N–H and O–H groups in total. The van der Waals surface area contributed by atoms with Gasteiger partial charge in [-0.3, -0.25) is 4.79 Å². The van der Waals surface area contributed by atoms with Gasteiger partial charge >= 0.3 is 5.97 Å². The van der Waals surface area contributed by atoms with E-state index in [9.17, 15) is 9.59 Å². The summed E-state index contributed by atoms with van der Waals surface area (Å²) in [6.07, 6.45) is 0.325. The van der Waals surface area contributed by atoms with Gasteiger partial charge in [0.15, 0.2) is 5.69 Å². The topological polar surface area (TPSA) is 91.3 Å². The predicted molar refractivity (Wildman–Crippen MR) is 72.2 cm³/mol. The molecule has 1 heterocycles. The van der Waals surface area contributed by atoms with Crippen molar-refractivity contribution in [2.45, 2.75) is 20.3 Å². The minimum atomic E-state index is -1.07. The summed E-state index contributed by atoms with van der Waals surface area (Å²) < 4.78 is 0. The normalized spacial score (nSPS) is 10.3. The molecule has 1 aromatic rings. The van der Waals surface area contributed by atoms with Gasteiger partial charge in [-0.15, -0.1) is 0 Å². The van der Waals surface area contributed by atoms with Gasteiger partial charge < -0.3 is 15.7 Å². The molecule has 0 saturated heterocycles. The van der Waals surface area contributed by atoms with Gasteiger partial charge in [0.1, 0.15) is 5.82 Å². The van der Waals surface area contributed by atoms with E-state index in [1.165, 1.54) is 6.07 Å². The van der Waals surface area contributed by atoms with Crippen molar-refractivity contribution in [3.8, 4) is 0 Å². The van der Waals surface area contributed by atoms with E-state index >= 15 is 0 Å². The number of aromatic carboxylic acids is 1. The molecule has 0 atom stereocenters. The number of hydrogen-bond donors (Lipinski definition) is 3. The summed E-state index contributed by atoms with van der Waals surface area (Å²) >= 11 is 0. The van der Waals surface area contributed by atoms with Crippen molar-refractivity contribution in [2.75, 3.05) is 18.4 Å². The lowest BCUT2D eigenvalue weighted by molar-refractivity contribution is -0.120. The van der Waals surface area contributed by atoms with Gasteiger partial charge in [0.05, 0.1) is 0 Å². The molecule has 1 aromatic heterocycles. The summed E-state index contributed by atoms with van der Waals surface area (Å²) in [4.78, 5) is 26.1. The van der Waals surface area contributed by atoms with E-state index in [0.29, 0.717) is 31.2 Å². The average Bonchev–Trinajstić information content (AvgIpc) is 2.36. The van der Waals surface area contributed by atoms with Crippen LogP contribution in [0.25, 0.3) is 0 Å². The highest BCUT2D eigenvalue weighted by Gasteiger charge is 2.05. The molecule has 1 amide bonds. The van der Waals surface area contributed by atoms with Crippen molar-refractivity contribution < 1.29 is 14.7 Å². The van der Waals surface area contributed by atoms with Crippen LogP contribution in [0.3, 0.4) is 0 Å². The minimum Gasteiger partial charge on any atom is -0.477 e. The van der Waals surface area contributed by atoms with Crippen LogP contribution in [0.1, 0.15) is 30.8 Å². The minimum absolute atomic E-state index is 0.0192. The zero-order valence-electron chi connectivity index (χ0n) is 11.1. The van der Waals surface area contributed by atoms with E-state index in [2.05, 4.69) is 15.6 Å². The molecule has 0 aromatic carbocycles. The number of nitrogens with one attached hydrogen (secondary N) is 2. The fourth-order valence-corrected chi connectivity index (χ4v) is 1.36. The molecule has 0 saturated carbocycles. The van der Waals surface area contributed by atoms with E-state index in [4.69, 9.17) is 5.11 Å². The highest BCUT2D eigenvalue weighted by molar-refractivity contribution is 5.85. The number of hydrogen-bond acceptors (Lipinski definition) is 4. The Hall–Kier alpha value is -2.11. The largest absolute Gasteiger partial charge is 0.477 e. The standard InChI is InChI=1S/C13H19N3O3/c1-9(2)8-15-12(17)6-7-14-11-5-3-4-10(16-11)13(18)19/h3-5,9H,6-8H2,1-2H3,(H,14,16)(H,15,17)(H,18,19). The predicted octanol–water partition coefficient (Wildman–Crippen LogP) is 1.35. The van der Waals surface area contributed by atoms with Crippen LogP contribution in [0.15, 0.2) is 18.2 Å². The Morgan fingerprint density at radius 3 is 2.74 bits per heavy atom. The Labute approximate surface area is 112 Å². The van der Waals surface area contributed by atoms with Gasteiger partial charge in [-0.25, -0.2) is 9.78 Å². The first-order valence-electron chi connectivity index (χ1n) is 6.20. The summed E-state index contributed by atoms with van der Waals surface area (Å²) in [5.74, 6) is -0.226. The number of pyridine rings is 1. The van der Waals surface area contributed by atoms with Gasteiger partial charge in [0.2, 0.25) is 5.91 Å². The first kappa shape index (κ1) is 14.9. The van der Waals surface area contributed by atoms with E-state index < -0.39 is 5.97 Å². The van der Waals surface area contributed by atoms with Crippen LogP contribution in [0.5, 0.6) is 0 Å². The second-order valence-electron chi connectivity index (χ2n) is 4.59. The molecule has 0 fully saturated rings. The smallest absolute Gasteiger partial charge is 0.354 e. The molecule has 19 heavy (non-hydrogen) atoms. The van der Waals surface area contributed by atoms with Crippen LogP contribution in [-0.2, 0) is 4.79 Å². The van der Waals surface area contributed by atoms with Crippen LogP contribution in [0.4, 0.5) is 5.82 Å². The van der Waals surface area contributed by atoms with Crippen molar-refractivity contribution in [2.24, 2.45) is 5.92 Å². The number of aromatic nitrogens is 1. The molecule has 0 unspecified atom stereocenters. The fraction of sp³-hybridized carbons (Fsp3) is 0.462. The fourth-order valence-electron chi connectivity index (χ4n) is 1.36. The number of carbonyl (C=O) groups is 2. The maximum atomic E-state index is 11.4. The summed E-state index contributed by atoms with van der Waals surface area (Å²) in [7, 11) is 0. The van der Waals surface area contributed by atoms with E-state index in [-0.39, 0.29) is 11.6 Å². The lowest BCUT2D eigenvalue weighted by Crippen LogP contribution is -2.28. The summed E-state index contributed by atoms with van der Waals surface area (Å²) in [6.45, 7) is 5.13. The third-order valence-corrected chi connectivity index (χ3v) is 2.33. The third-order valence-electron chi connectivity index (χ3n) is 2.33. The van der Waals surface area contributed by atoms with Gasteiger partial charge in [0, 0.05) is 19.5 Å². The van der Waals surface area contributed by atoms with Gasteiger partial charge in [-0.2, -0.15) is 0 Å². The molecule has 6 heteroatoms. The summed E-state index contributed by atoms with van der Waals surface area (Å²) in [5, 5.41) is 14.5. The van der Waals surface area contributed by atoms with Crippen molar-refractivity contribution >= 4 is 17.7 Å². The van der Waals surface area contributed by atoms with Gasteiger partial charge in [0.25, 0.3) is 0 Å². The van der Waals surface area contributed by atoms with E-state index in [1.807, 2.05) is 13.8 Å². The first-order valence-corrected chi connectivity index (χ1v) is 6.20. The van der Waals surface area contributed by atoms with Crippen LogP contribution >= 0.6 is 0 Å².